The van der Waals surface area contributed by atoms with Crippen molar-refractivity contribution in [2.75, 3.05) is 19.6 Å². The van der Waals surface area contributed by atoms with E-state index in [0.29, 0.717) is 32.4 Å². The second kappa shape index (κ2) is 6.97. The molecule has 1 heterocycles. The fourth-order valence-electron chi connectivity index (χ4n) is 2.23. The summed E-state index contributed by atoms with van der Waals surface area (Å²) in [4.78, 5) is 13.1. The van der Waals surface area contributed by atoms with Gasteiger partial charge in [0, 0.05) is 19.5 Å². The number of unbranched alkanes of at least 4 members (excludes halogenated alkanes) is 2. The lowest BCUT2D eigenvalue weighted by molar-refractivity contribution is -0.188. The second-order valence-corrected chi connectivity index (χ2v) is 4.82. The molecule has 1 atom stereocenters. The van der Waals surface area contributed by atoms with Gasteiger partial charge in [0.2, 0.25) is 5.91 Å². The van der Waals surface area contributed by atoms with Crippen molar-refractivity contribution >= 4 is 5.91 Å². The fraction of sp³-hybridized carbons (Fsp3) is 0.917. The van der Waals surface area contributed by atoms with Gasteiger partial charge in [0.15, 0.2) is 0 Å². The highest BCUT2D eigenvalue weighted by Crippen LogP contribution is 2.33. The molecule has 1 amide bonds. The molecule has 6 heteroatoms. The van der Waals surface area contributed by atoms with Crippen LogP contribution >= 0.6 is 0 Å². The number of hydrogen-bond donors (Lipinski definition) is 1. The predicted molar refractivity (Wildman–Crippen MR) is 62.9 cm³/mol. The van der Waals surface area contributed by atoms with Crippen LogP contribution in [0.3, 0.4) is 0 Å². The molecule has 106 valence electrons. The maximum absolute atomic E-state index is 12.6. The molecule has 0 aromatic rings. The van der Waals surface area contributed by atoms with Crippen LogP contribution in [0, 0.1) is 5.92 Å². The summed E-state index contributed by atoms with van der Waals surface area (Å²) in [6.45, 7) is 0.885. The van der Waals surface area contributed by atoms with Gasteiger partial charge in [-0.15, -0.1) is 0 Å². The number of carbonyl (C=O) groups is 1. The number of rotatable bonds is 5. The summed E-state index contributed by atoms with van der Waals surface area (Å²) in [5.74, 6) is -1.50. The van der Waals surface area contributed by atoms with Gasteiger partial charge in [-0.05, 0) is 32.2 Å². The molecular formula is C12H21F3N2O. The molecule has 0 radical (unpaired) electrons. The molecule has 0 aromatic carbocycles. The van der Waals surface area contributed by atoms with Gasteiger partial charge in [-0.25, -0.2) is 0 Å². The molecule has 1 aliphatic rings. The van der Waals surface area contributed by atoms with E-state index in [2.05, 4.69) is 0 Å². The zero-order valence-electron chi connectivity index (χ0n) is 10.5. The molecule has 1 aliphatic heterocycles. The van der Waals surface area contributed by atoms with Gasteiger partial charge < -0.3 is 10.6 Å². The van der Waals surface area contributed by atoms with Crippen molar-refractivity contribution in [2.24, 2.45) is 11.7 Å². The number of alkyl halides is 3. The Hall–Kier alpha value is -0.780. The molecule has 18 heavy (non-hydrogen) atoms. The number of amides is 1. The summed E-state index contributed by atoms with van der Waals surface area (Å²) < 4.78 is 37.7. The highest BCUT2D eigenvalue weighted by Gasteiger charge is 2.42. The van der Waals surface area contributed by atoms with Crippen molar-refractivity contribution in [3.63, 3.8) is 0 Å². The van der Waals surface area contributed by atoms with Crippen molar-refractivity contribution in [1.82, 2.24) is 4.90 Å². The topological polar surface area (TPSA) is 46.3 Å². The highest BCUT2D eigenvalue weighted by atomic mass is 19.4. The van der Waals surface area contributed by atoms with Gasteiger partial charge >= 0.3 is 6.18 Å². The zero-order chi connectivity index (χ0) is 13.6. The van der Waals surface area contributed by atoms with E-state index in [1.807, 2.05) is 0 Å². The van der Waals surface area contributed by atoms with Crippen LogP contribution in [-0.2, 0) is 4.79 Å². The summed E-state index contributed by atoms with van der Waals surface area (Å²) in [6.07, 6.45) is -0.831. The SMILES string of the molecule is NCCCCCC(=O)N1CCCC(C(F)(F)F)C1. The van der Waals surface area contributed by atoms with Crippen molar-refractivity contribution in [3.05, 3.63) is 0 Å². The number of carbonyl (C=O) groups excluding carboxylic acids is 1. The Morgan fingerprint density at radius 2 is 2.00 bits per heavy atom. The monoisotopic (exact) mass is 266 g/mol. The minimum absolute atomic E-state index is 0.139. The third-order valence-electron chi connectivity index (χ3n) is 3.33. The van der Waals surface area contributed by atoms with Gasteiger partial charge in [-0.3, -0.25) is 4.79 Å². The lowest BCUT2D eigenvalue weighted by Crippen LogP contribution is -2.44. The largest absolute Gasteiger partial charge is 0.393 e. The number of nitrogens with zero attached hydrogens (tertiary/aromatic N) is 1. The number of halogens is 3. The second-order valence-electron chi connectivity index (χ2n) is 4.82. The minimum atomic E-state index is -4.18. The molecule has 2 N–H and O–H groups in total. The minimum Gasteiger partial charge on any atom is -0.342 e. The van der Waals surface area contributed by atoms with Crippen LogP contribution in [0.25, 0.3) is 0 Å². The average molecular weight is 266 g/mol. The normalized spacial score (nSPS) is 21.1. The van der Waals surface area contributed by atoms with Crippen LogP contribution in [0.4, 0.5) is 13.2 Å². The van der Waals surface area contributed by atoms with Crippen molar-refractivity contribution in [1.29, 1.82) is 0 Å². The Morgan fingerprint density at radius 1 is 1.28 bits per heavy atom. The lowest BCUT2D eigenvalue weighted by Gasteiger charge is -2.33. The Morgan fingerprint density at radius 3 is 2.61 bits per heavy atom. The standard InChI is InChI=1S/C12H21F3N2O/c13-12(14,15)10-5-4-8-17(9-10)11(18)6-2-1-3-7-16/h10H,1-9,16H2. The smallest absolute Gasteiger partial charge is 0.342 e. The van der Waals surface area contributed by atoms with E-state index in [1.54, 1.807) is 0 Å². The lowest BCUT2D eigenvalue weighted by atomic mass is 9.97. The summed E-state index contributed by atoms with van der Waals surface area (Å²) in [7, 11) is 0. The summed E-state index contributed by atoms with van der Waals surface area (Å²) in [6, 6.07) is 0. The van der Waals surface area contributed by atoms with Crippen LogP contribution in [0.1, 0.15) is 38.5 Å². The maximum Gasteiger partial charge on any atom is 0.393 e. The van der Waals surface area contributed by atoms with Crippen molar-refractivity contribution < 1.29 is 18.0 Å². The third-order valence-corrected chi connectivity index (χ3v) is 3.33. The number of likely N-dealkylation sites (tertiary alicyclic amines) is 1. The van der Waals surface area contributed by atoms with E-state index in [0.717, 1.165) is 12.8 Å². The molecule has 0 aliphatic carbocycles. The van der Waals surface area contributed by atoms with Crippen molar-refractivity contribution in [2.45, 2.75) is 44.7 Å². The first-order valence-electron chi connectivity index (χ1n) is 6.49. The molecular weight excluding hydrogens is 245 g/mol. The van der Waals surface area contributed by atoms with Crippen LogP contribution in [0.15, 0.2) is 0 Å². The van der Waals surface area contributed by atoms with E-state index in [-0.39, 0.29) is 18.9 Å². The molecule has 1 saturated heterocycles. The zero-order valence-corrected chi connectivity index (χ0v) is 10.5. The van der Waals surface area contributed by atoms with Crippen LogP contribution < -0.4 is 5.73 Å². The Kier molecular flexibility index (Phi) is 5.91. The van der Waals surface area contributed by atoms with E-state index >= 15 is 0 Å². The van der Waals surface area contributed by atoms with Gasteiger partial charge in [-0.2, -0.15) is 13.2 Å². The third kappa shape index (κ3) is 4.84. The molecule has 0 bridgehead atoms. The summed E-state index contributed by atoms with van der Waals surface area (Å²) >= 11 is 0. The van der Waals surface area contributed by atoms with Gasteiger partial charge in [0.25, 0.3) is 0 Å². The average Bonchev–Trinajstić information content (AvgIpc) is 2.33. The number of hydrogen-bond acceptors (Lipinski definition) is 2. The van der Waals surface area contributed by atoms with E-state index in [1.165, 1.54) is 4.90 Å². The number of nitrogens with two attached hydrogens (primary N) is 1. The Balaban J connectivity index is 2.34. The molecule has 1 rings (SSSR count). The maximum atomic E-state index is 12.6. The van der Waals surface area contributed by atoms with Crippen LogP contribution in [-0.4, -0.2) is 36.6 Å². The molecule has 0 saturated carbocycles. The van der Waals surface area contributed by atoms with E-state index in [9.17, 15) is 18.0 Å². The first-order valence-corrected chi connectivity index (χ1v) is 6.49. The van der Waals surface area contributed by atoms with Gasteiger partial charge in [0.1, 0.15) is 0 Å². The first kappa shape index (κ1) is 15.3. The molecule has 0 spiro atoms. The fourth-order valence-corrected chi connectivity index (χ4v) is 2.23. The first-order chi connectivity index (χ1) is 8.45. The molecule has 1 fully saturated rings. The molecule has 3 nitrogen and oxygen atoms in total. The molecule has 1 unspecified atom stereocenters. The van der Waals surface area contributed by atoms with Gasteiger partial charge in [-0.1, -0.05) is 6.42 Å². The van der Waals surface area contributed by atoms with E-state index < -0.39 is 12.1 Å². The van der Waals surface area contributed by atoms with E-state index in [4.69, 9.17) is 5.73 Å². The molecule has 0 aromatic heterocycles. The Bertz CT molecular complexity index is 269. The van der Waals surface area contributed by atoms with Crippen molar-refractivity contribution in [3.8, 4) is 0 Å². The Labute approximate surface area is 106 Å². The van der Waals surface area contributed by atoms with Gasteiger partial charge in [0.05, 0.1) is 5.92 Å². The number of piperidine rings is 1. The van der Waals surface area contributed by atoms with Crippen LogP contribution in [0.5, 0.6) is 0 Å². The quantitative estimate of drug-likeness (QED) is 0.776. The predicted octanol–water partition coefficient (Wildman–Crippen LogP) is 2.31. The highest BCUT2D eigenvalue weighted by molar-refractivity contribution is 5.76. The summed E-state index contributed by atoms with van der Waals surface area (Å²) in [5, 5.41) is 0. The summed E-state index contributed by atoms with van der Waals surface area (Å²) in [5.41, 5.74) is 5.33. The van der Waals surface area contributed by atoms with Crippen LogP contribution in [0.2, 0.25) is 0 Å².